The van der Waals surface area contributed by atoms with Crippen LogP contribution < -0.4 is 0 Å². The number of aliphatic carboxylic acids is 1. The minimum absolute atomic E-state index is 0.149. The molecule has 0 bridgehead atoms. The highest BCUT2D eigenvalue weighted by Crippen LogP contribution is 2.51. The highest BCUT2D eigenvalue weighted by Gasteiger charge is 2.44. The molecular weight excluding hydrogens is 517 g/mol. The minimum Gasteiger partial charge on any atom is -0.480 e. The van der Waals surface area contributed by atoms with Gasteiger partial charge in [0.15, 0.2) is 0 Å². The second-order valence-corrected chi connectivity index (χ2v) is 14.1. The number of esters is 1. The van der Waals surface area contributed by atoms with Gasteiger partial charge in [0, 0.05) is 25.0 Å². The van der Waals surface area contributed by atoms with E-state index in [0.29, 0.717) is 25.3 Å². The number of benzene rings is 1. The van der Waals surface area contributed by atoms with E-state index in [1.165, 1.54) is 16.9 Å². The first-order valence-electron chi connectivity index (χ1n) is 14.6. The van der Waals surface area contributed by atoms with Crippen molar-refractivity contribution < 1.29 is 33.3 Å². The molecule has 1 saturated heterocycles. The van der Waals surface area contributed by atoms with Crippen LogP contribution in [0.25, 0.3) is 0 Å². The molecule has 1 N–H and O–H groups in total. The van der Waals surface area contributed by atoms with Gasteiger partial charge in [-0.05, 0) is 43.1 Å². The third kappa shape index (κ3) is 9.46. The maximum Gasteiger partial charge on any atom is 0.326 e. The fourth-order valence-corrected chi connectivity index (χ4v) is 8.10. The molecule has 1 aromatic carbocycles. The molecule has 1 heterocycles. The van der Waals surface area contributed by atoms with Crippen LogP contribution in [-0.4, -0.2) is 59.1 Å². The molecule has 2 aliphatic rings. The van der Waals surface area contributed by atoms with Crippen molar-refractivity contribution in [3.8, 4) is 0 Å². The molecule has 0 aromatic heterocycles. The monoisotopic (exact) mass is 563 g/mol. The maximum atomic E-state index is 14.2. The molecule has 0 unspecified atom stereocenters. The summed E-state index contributed by atoms with van der Waals surface area (Å²) in [6.45, 7) is 5.68. The quantitative estimate of drug-likeness (QED) is 0.126. The molecule has 9 heteroatoms. The van der Waals surface area contributed by atoms with Crippen molar-refractivity contribution in [3.63, 3.8) is 0 Å². The van der Waals surface area contributed by atoms with Crippen molar-refractivity contribution in [2.45, 2.75) is 97.3 Å². The number of hydrogen-bond acceptors (Lipinski definition) is 6. The summed E-state index contributed by atoms with van der Waals surface area (Å²) in [6, 6.07) is 9.10. The fourth-order valence-electron chi connectivity index (χ4n) is 5.80. The van der Waals surface area contributed by atoms with E-state index in [-0.39, 0.29) is 30.6 Å². The summed E-state index contributed by atoms with van der Waals surface area (Å²) in [5.74, 6) is -1.61. The molecule has 2 fully saturated rings. The lowest BCUT2D eigenvalue weighted by molar-refractivity contribution is -0.169. The second kappa shape index (κ2) is 15.0. The number of nitrogens with zero attached hydrogens (tertiary/aromatic N) is 1. The third-order valence-electron chi connectivity index (χ3n) is 8.07. The predicted octanol–water partition coefficient (Wildman–Crippen LogP) is 6.12. The number of likely N-dealkylation sites (tertiary alicyclic amines) is 1. The summed E-state index contributed by atoms with van der Waals surface area (Å²) < 4.78 is 25.7. The van der Waals surface area contributed by atoms with E-state index in [1.54, 1.807) is 6.92 Å². The number of hydrogen-bond donors (Lipinski definition) is 1. The number of carboxylic acids is 1. The molecule has 0 radical (unpaired) electrons. The molecule has 1 aliphatic heterocycles. The second-order valence-electron chi connectivity index (χ2n) is 11.5. The molecule has 3 rings (SSSR count). The number of carboxylic acid groups (broad SMARTS) is 1. The van der Waals surface area contributed by atoms with Crippen molar-refractivity contribution in [2.24, 2.45) is 17.8 Å². The molecule has 0 spiro atoms. The topological polar surface area (TPSA) is 110 Å². The van der Waals surface area contributed by atoms with Gasteiger partial charge in [0.05, 0.1) is 0 Å². The number of amides is 1. The predicted molar refractivity (Wildman–Crippen MR) is 151 cm³/mol. The Morgan fingerprint density at radius 2 is 1.74 bits per heavy atom. The van der Waals surface area contributed by atoms with Gasteiger partial charge in [-0.1, -0.05) is 83.2 Å². The molecule has 1 aliphatic carbocycles. The van der Waals surface area contributed by atoms with E-state index in [2.05, 4.69) is 0 Å². The number of aryl methyl sites for hydroxylation is 1. The summed E-state index contributed by atoms with van der Waals surface area (Å²) in [5, 5.41) is 9.92. The molecule has 1 amide bonds. The average Bonchev–Trinajstić information content (AvgIpc) is 3.38. The average molecular weight is 564 g/mol. The molecule has 218 valence electrons. The van der Waals surface area contributed by atoms with Gasteiger partial charge in [-0.2, -0.15) is 0 Å². The Morgan fingerprint density at radius 1 is 1.05 bits per heavy atom. The summed E-state index contributed by atoms with van der Waals surface area (Å²) in [7, 11) is -3.60. The van der Waals surface area contributed by atoms with Gasteiger partial charge in [0.25, 0.3) is 0 Å². The number of carbonyl (C=O) groups excluding carboxylic acids is 2. The zero-order valence-corrected chi connectivity index (χ0v) is 24.7. The smallest absolute Gasteiger partial charge is 0.326 e. The van der Waals surface area contributed by atoms with E-state index >= 15 is 0 Å². The Hall–Kier alpha value is -2.18. The summed E-state index contributed by atoms with van der Waals surface area (Å²) in [5.41, 5.74) is 1.18. The van der Waals surface area contributed by atoms with E-state index in [1.807, 2.05) is 44.2 Å². The van der Waals surface area contributed by atoms with Crippen molar-refractivity contribution in [1.82, 2.24) is 4.90 Å². The highest BCUT2D eigenvalue weighted by atomic mass is 31.2. The van der Waals surface area contributed by atoms with Crippen LogP contribution in [0.5, 0.6) is 0 Å². The number of unbranched alkanes of at least 4 members (excludes halogenated alkanes) is 1. The normalized spacial score (nSPS) is 22.4. The Balaban J connectivity index is 1.73. The number of ether oxygens (including phenoxy) is 1. The van der Waals surface area contributed by atoms with Crippen LogP contribution in [0.3, 0.4) is 0 Å². The van der Waals surface area contributed by atoms with Crippen LogP contribution in [0.1, 0.15) is 84.1 Å². The molecule has 1 aromatic rings. The fraction of sp³-hybridized carbons (Fsp3) is 0.700. The summed E-state index contributed by atoms with van der Waals surface area (Å²) in [6.07, 6.45) is 7.12. The van der Waals surface area contributed by atoms with Gasteiger partial charge in [-0.25, -0.2) is 4.79 Å². The zero-order valence-electron chi connectivity index (χ0n) is 23.8. The Kier molecular flexibility index (Phi) is 12.1. The van der Waals surface area contributed by atoms with E-state index in [9.17, 15) is 24.1 Å². The van der Waals surface area contributed by atoms with Gasteiger partial charge in [-0.15, -0.1) is 0 Å². The van der Waals surface area contributed by atoms with Crippen LogP contribution in [0.4, 0.5) is 0 Å². The first kappa shape index (κ1) is 31.3. The molecule has 39 heavy (non-hydrogen) atoms. The Bertz CT molecular complexity index is 992. The molecule has 1 saturated carbocycles. The molecular formula is C30H46NO7P. The maximum absolute atomic E-state index is 14.2. The van der Waals surface area contributed by atoms with Gasteiger partial charge < -0.3 is 14.7 Å². The summed E-state index contributed by atoms with van der Waals surface area (Å²) in [4.78, 5) is 39.2. The molecule has 4 atom stereocenters. The first-order chi connectivity index (χ1) is 18.6. The third-order valence-corrected chi connectivity index (χ3v) is 10.4. The number of carbonyl (C=O) groups is 3. The van der Waals surface area contributed by atoms with E-state index in [0.717, 1.165) is 38.5 Å². The largest absolute Gasteiger partial charge is 0.480 e. The zero-order chi connectivity index (χ0) is 28.4. The minimum atomic E-state index is -3.60. The SMILES string of the molecule is CCC(=O)O[C@@H](O[P@](=O)(CCCCc1ccccc1)CC(=O)N1C[C@@H](C2CCCCC2)C[C@H]1C(=O)O)C(C)C. The van der Waals surface area contributed by atoms with Crippen molar-refractivity contribution in [1.29, 1.82) is 0 Å². The lowest BCUT2D eigenvalue weighted by Crippen LogP contribution is -2.42. The van der Waals surface area contributed by atoms with E-state index < -0.39 is 37.5 Å². The van der Waals surface area contributed by atoms with Crippen molar-refractivity contribution in [2.75, 3.05) is 18.9 Å². The van der Waals surface area contributed by atoms with Gasteiger partial charge in [0.1, 0.15) is 12.2 Å². The lowest BCUT2D eigenvalue weighted by Gasteiger charge is -2.30. The lowest BCUT2D eigenvalue weighted by atomic mass is 9.79. The van der Waals surface area contributed by atoms with Crippen LogP contribution in [0.15, 0.2) is 30.3 Å². The standard InChI is InChI=1S/C30H46NO7P/c1-4-28(33)37-30(22(2)3)38-39(36,18-12-11-15-23-13-7-5-8-14-23)21-27(32)31-20-25(19-26(31)29(34)35)24-16-9-6-10-17-24/h5,7-8,13-14,22,24-26,30H,4,6,9-12,15-21H2,1-3H3,(H,34,35)/t25-,26-,30-,39+/m0/s1. The van der Waals surface area contributed by atoms with Gasteiger partial charge >= 0.3 is 11.9 Å². The Labute approximate surface area is 233 Å². The first-order valence-corrected chi connectivity index (χ1v) is 16.6. The molecule has 8 nitrogen and oxygen atoms in total. The van der Waals surface area contributed by atoms with Crippen LogP contribution in [-0.2, 0) is 34.6 Å². The van der Waals surface area contributed by atoms with Crippen LogP contribution in [0, 0.1) is 17.8 Å². The van der Waals surface area contributed by atoms with Crippen LogP contribution in [0.2, 0.25) is 0 Å². The highest BCUT2D eigenvalue weighted by molar-refractivity contribution is 7.59. The Morgan fingerprint density at radius 3 is 2.36 bits per heavy atom. The van der Waals surface area contributed by atoms with Gasteiger partial charge in [0.2, 0.25) is 19.6 Å². The number of rotatable bonds is 14. The summed E-state index contributed by atoms with van der Waals surface area (Å²) >= 11 is 0. The van der Waals surface area contributed by atoms with E-state index in [4.69, 9.17) is 9.26 Å². The van der Waals surface area contributed by atoms with Crippen molar-refractivity contribution in [3.05, 3.63) is 35.9 Å². The van der Waals surface area contributed by atoms with Crippen LogP contribution >= 0.6 is 7.37 Å². The van der Waals surface area contributed by atoms with Crippen molar-refractivity contribution >= 4 is 25.2 Å². The van der Waals surface area contributed by atoms with Gasteiger partial charge in [-0.3, -0.25) is 18.7 Å².